The molecule has 1 aromatic rings. The lowest BCUT2D eigenvalue weighted by molar-refractivity contribution is -0.122. The van der Waals surface area contributed by atoms with E-state index in [1.807, 2.05) is 0 Å². The SMILES string of the molecule is Cc1cc(CNC(=O)CC2(CS)CC2)sc1C. The molecule has 1 heterocycles. The predicted octanol–water partition coefficient (Wildman–Crippen LogP) is 3.08. The number of thiol groups is 1. The fraction of sp³-hybridized carbons (Fsp3) is 0.615. The smallest absolute Gasteiger partial charge is 0.220 e. The van der Waals surface area contributed by atoms with Gasteiger partial charge in [-0.25, -0.2) is 0 Å². The molecule has 0 spiro atoms. The number of hydrogen-bond acceptors (Lipinski definition) is 3. The molecule has 17 heavy (non-hydrogen) atoms. The molecule has 1 aromatic heterocycles. The van der Waals surface area contributed by atoms with Crippen LogP contribution in [0.4, 0.5) is 0 Å². The highest BCUT2D eigenvalue weighted by molar-refractivity contribution is 7.80. The molecule has 2 nitrogen and oxygen atoms in total. The maximum absolute atomic E-state index is 11.8. The highest BCUT2D eigenvalue weighted by Crippen LogP contribution is 2.49. The van der Waals surface area contributed by atoms with Gasteiger partial charge in [-0.1, -0.05) is 0 Å². The second-order valence-electron chi connectivity index (χ2n) is 5.06. The summed E-state index contributed by atoms with van der Waals surface area (Å²) in [5, 5.41) is 3.01. The van der Waals surface area contributed by atoms with Crippen LogP contribution in [-0.2, 0) is 11.3 Å². The van der Waals surface area contributed by atoms with Crippen molar-refractivity contribution in [2.45, 2.75) is 39.7 Å². The average Bonchev–Trinajstić information content (AvgIpc) is 2.98. The van der Waals surface area contributed by atoms with E-state index in [0.29, 0.717) is 13.0 Å². The molecule has 0 unspecified atom stereocenters. The van der Waals surface area contributed by atoms with Crippen molar-refractivity contribution in [3.05, 3.63) is 21.4 Å². The summed E-state index contributed by atoms with van der Waals surface area (Å²) in [6.45, 7) is 4.89. The molecule has 0 radical (unpaired) electrons. The first kappa shape index (κ1) is 13.0. The fourth-order valence-electron chi connectivity index (χ4n) is 1.89. The summed E-state index contributed by atoms with van der Waals surface area (Å²) >= 11 is 6.08. The Morgan fingerprint density at radius 2 is 2.24 bits per heavy atom. The van der Waals surface area contributed by atoms with Gasteiger partial charge < -0.3 is 5.32 Å². The second kappa shape index (κ2) is 5.02. The van der Waals surface area contributed by atoms with Crippen molar-refractivity contribution < 1.29 is 4.79 Å². The minimum absolute atomic E-state index is 0.167. The number of hydrogen-bond donors (Lipinski definition) is 2. The first-order valence-electron chi connectivity index (χ1n) is 5.98. The Morgan fingerprint density at radius 1 is 1.53 bits per heavy atom. The van der Waals surface area contributed by atoms with Crippen molar-refractivity contribution >= 4 is 29.9 Å². The van der Waals surface area contributed by atoms with Gasteiger partial charge in [-0.3, -0.25) is 4.79 Å². The van der Waals surface area contributed by atoms with E-state index < -0.39 is 0 Å². The Labute approximate surface area is 112 Å². The molecule has 0 atom stereocenters. The van der Waals surface area contributed by atoms with Crippen molar-refractivity contribution in [1.29, 1.82) is 0 Å². The van der Waals surface area contributed by atoms with E-state index in [0.717, 1.165) is 18.6 Å². The first-order valence-corrected chi connectivity index (χ1v) is 7.43. The normalized spacial score (nSPS) is 16.9. The molecule has 0 bridgehead atoms. The Hall–Kier alpha value is -0.480. The molecule has 1 aliphatic carbocycles. The van der Waals surface area contributed by atoms with Crippen LogP contribution in [0.25, 0.3) is 0 Å². The van der Waals surface area contributed by atoms with E-state index in [-0.39, 0.29) is 11.3 Å². The summed E-state index contributed by atoms with van der Waals surface area (Å²) in [5.74, 6) is 0.998. The number of carbonyl (C=O) groups excluding carboxylic acids is 1. The highest BCUT2D eigenvalue weighted by Gasteiger charge is 2.42. The highest BCUT2D eigenvalue weighted by atomic mass is 32.1. The monoisotopic (exact) mass is 269 g/mol. The minimum atomic E-state index is 0.167. The van der Waals surface area contributed by atoms with Crippen molar-refractivity contribution in [1.82, 2.24) is 5.32 Å². The molecule has 2 rings (SSSR count). The quantitative estimate of drug-likeness (QED) is 0.790. The first-order chi connectivity index (χ1) is 8.04. The summed E-state index contributed by atoms with van der Waals surface area (Å²) in [4.78, 5) is 14.4. The predicted molar refractivity (Wildman–Crippen MR) is 75.8 cm³/mol. The zero-order valence-electron chi connectivity index (χ0n) is 10.4. The molecule has 1 amide bonds. The molecule has 94 valence electrons. The van der Waals surface area contributed by atoms with Crippen molar-refractivity contribution in [3.8, 4) is 0 Å². The van der Waals surface area contributed by atoms with Gasteiger partial charge in [0.1, 0.15) is 0 Å². The third kappa shape index (κ3) is 3.26. The van der Waals surface area contributed by atoms with E-state index in [4.69, 9.17) is 0 Å². The van der Waals surface area contributed by atoms with Crippen molar-refractivity contribution in [3.63, 3.8) is 0 Å². The maximum Gasteiger partial charge on any atom is 0.220 e. The van der Waals surface area contributed by atoms with Gasteiger partial charge >= 0.3 is 0 Å². The number of carbonyl (C=O) groups is 1. The van der Waals surface area contributed by atoms with Gasteiger partial charge in [-0.15, -0.1) is 11.3 Å². The lowest BCUT2D eigenvalue weighted by Crippen LogP contribution is -2.25. The van der Waals surface area contributed by atoms with Crippen LogP contribution in [0.5, 0.6) is 0 Å². The zero-order valence-corrected chi connectivity index (χ0v) is 12.1. The summed E-state index contributed by atoms with van der Waals surface area (Å²) in [6.07, 6.45) is 2.95. The van der Waals surface area contributed by atoms with Crippen LogP contribution in [0, 0.1) is 19.3 Å². The summed E-state index contributed by atoms with van der Waals surface area (Å²) in [6, 6.07) is 2.16. The lowest BCUT2D eigenvalue weighted by Gasteiger charge is -2.11. The maximum atomic E-state index is 11.8. The van der Waals surface area contributed by atoms with Crippen LogP contribution in [0.2, 0.25) is 0 Å². The molecular weight excluding hydrogens is 250 g/mol. The van der Waals surface area contributed by atoms with Crippen molar-refractivity contribution in [2.75, 3.05) is 5.75 Å². The average molecular weight is 269 g/mol. The van der Waals surface area contributed by atoms with Crippen LogP contribution >= 0.6 is 24.0 Å². The van der Waals surface area contributed by atoms with Gasteiger partial charge in [-0.2, -0.15) is 12.6 Å². The Balaban J connectivity index is 1.80. The number of nitrogens with one attached hydrogen (secondary N) is 1. The molecule has 0 saturated heterocycles. The topological polar surface area (TPSA) is 29.1 Å². The molecule has 0 aromatic carbocycles. The van der Waals surface area contributed by atoms with Gasteiger partial charge in [-0.05, 0) is 49.5 Å². The molecule has 0 aliphatic heterocycles. The van der Waals surface area contributed by atoms with Gasteiger partial charge in [0.05, 0.1) is 6.54 Å². The van der Waals surface area contributed by atoms with Gasteiger partial charge in [0, 0.05) is 16.2 Å². The third-order valence-corrected chi connectivity index (χ3v) is 5.33. The molecule has 1 N–H and O–H groups in total. The van der Waals surface area contributed by atoms with Crippen molar-refractivity contribution in [2.24, 2.45) is 5.41 Å². The number of thiophene rings is 1. The van der Waals surface area contributed by atoms with E-state index in [9.17, 15) is 4.79 Å². The number of rotatable bonds is 5. The lowest BCUT2D eigenvalue weighted by atomic mass is 10.1. The Morgan fingerprint density at radius 3 is 2.71 bits per heavy atom. The standard InChI is InChI=1S/C13H19NOS2/c1-9-5-11(17-10(9)2)7-14-12(15)6-13(8-16)3-4-13/h5,16H,3-4,6-8H2,1-2H3,(H,14,15). The fourth-order valence-corrected chi connectivity index (χ4v) is 3.31. The van der Waals surface area contributed by atoms with E-state index in [1.54, 1.807) is 11.3 Å². The number of amides is 1. The molecular formula is C13H19NOS2. The zero-order chi connectivity index (χ0) is 12.5. The molecule has 1 aliphatic rings. The van der Waals surface area contributed by atoms with Gasteiger partial charge in [0.25, 0.3) is 0 Å². The number of aryl methyl sites for hydroxylation is 2. The second-order valence-corrected chi connectivity index (χ2v) is 6.72. The third-order valence-electron chi connectivity index (χ3n) is 3.50. The van der Waals surface area contributed by atoms with Crippen LogP contribution in [0.3, 0.4) is 0 Å². The summed E-state index contributed by atoms with van der Waals surface area (Å²) in [5.41, 5.74) is 1.53. The van der Waals surface area contributed by atoms with E-state index in [1.165, 1.54) is 15.3 Å². The van der Waals surface area contributed by atoms with Crippen LogP contribution in [0.15, 0.2) is 6.07 Å². The minimum Gasteiger partial charge on any atom is -0.351 e. The molecule has 1 saturated carbocycles. The molecule has 4 heteroatoms. The van der Waals surface area contributed by atoms with Crippen LogP contribution < -0.4 is 5.32 Å². The van der Waals surface area contributed by atoms with Gasteiger partial charge in [0.15, 0.2) is 0 Å². The Bertz CT molecular complexity index is 402. The van der Waals surface area contributed by atoms with Crippen LogP contribution in [0.1, 0.15) is 34.6 Å². The van der Waals surface area contributed by atoms with E-state index in [2.05, 4.69) is 37.9 Å². The molecule has 1 fully saturated rings. The van der Waals surface area contributed by atoms with E-state index >= 15 is 0 Å². The van der Waals surface area contributed by atoms with Crippen LogP contribution in [-0.4, -0.2) is 11.7 Å². The summed E-state index contributed by atoms with van der Waals surface area (Å²) < 4.78 is 0. The largest absolute Gasteiger partial charge is 0.351 e. The summed E-state index contributed by atoms with van der Waals surface area (Å²) in [7, 11) is 0. The Kier molecular flexibility index (Phi) is 3.83. The van der Waals surface area contributed by atoms with Gasteiger partial charge in [0.2, 0.25) is 5.91 Å².